The van der Waals surface area contributed by atoms with Gasteiger partial charge in [-0.3, -0.25) is 9.78 Å². The lowest BCUT2D eigenvalue weighted by Gasteiger charge is -2.28. The Bertz CT molecular complexity index is 799. The summed E-state index contributed by atoms with van der Waals surface area (Å²) in [4.78, 5) is 16.7. The highest BCUT2D eigenvalue weighted by Gasteiger charge is 2.30. The SMILES string of the molecule is C[C@H](CCC[C@H](N[S+]([O-])C(C)(C)C)c1cc(Cl)ccn1)C(=O)OCc1ccccc1. The molecule has 1 N–H and O–H groups in total. The van der Waals surface area contributed by atoms with Gasteiger partial charge < -0.3 is 9.29 Å². The van der Waals surface area contributed by atoms with E-state index in [0.29, 0.717) is 17.9 Å². The molecule has 1 aromatic carbocycles. The number of nitrogens with one attached hydrogen (secondary N) is 1. The number of nitrogens with zero attached hydrogens (tertiary/aromatic N) is 1. The van der Waals surface area contributed by atoms with Gasteiger partial charge in [-0.05, 0) is 51.3 Å². The Hall–Kier alpha value is -1.60. The predicted octanol–water partition coefficient (Wildman–Crippen LogP) is 5.38. The molecule has 0 spiro atoms. The van der Waals surface area contributed by atoms with Crippen LogP contribution in [0.25, 0.3) is 0 Å². The molecule has 0 saturated heterocycles. The molecule has 0 bridgehead atoms. The lowest BCUT2D eigenvalue weighted by atomic mass is 10.0. The van der Waals surface area contributed by atoms with Gasteiger partial charge in [0.15, 0.2) is 0 Å². The van der Waals surface area contributed by atoms with Gasteiger partial charge in [-0.2, -0.15) is 0 Å². The molecule has 2 aromatic rings. The molecular weight excluding hydrogens is 420 g/mol. The van der Waals surface area contributed by atoms with Gasteiger partial charge in [-0.1, -0.05) is 55.3 Å². The molecule has 0 radical (unpaired) electrons. The summed E-state index contributed by atoms with van der Waals surface area (Å²) in [6.07, 6.45) is 3.77. The molecule has 0 aliphatic carbocycles. The molecule has 0 amide bonds. The second kappa shape index (κ2) is 11.7. The molecule has 30 heavy (non-hydrogen) atoms. The Morgan fingerprint density at radius 3 is 2.57 bits per heavy atom. The van der Waals surface area contributed by atoms with E-state index in [9.17, 15) is 9.35 Å². The van der Waals surface area contributed by atoms with Crippen molar-refractivity contribution in [3.05, 3.63) is 64.9 Å². The number of rotatable bonds is 10. The number of ether oxygens (including phenoxy) is 1. The van der Waals surface area contributed by atoms with Crippen molar-refractivity contribution in [1.82, 2.24) is 9.71 Å². The van der Waals surface area contributed by atoms with Crippen LogP contribution in [0.3, 0.4) is 0 Å². The van der Waals surface area contributed by atoms with Crippen molar-refractivity contribution in [3.8, 4) is 0 Å². The minimum atomic E-state index is -1.25. The lowest BCUT2D eigenvalue weighted by Crippen LogP contribution is -2.41. The minimum Gasteiger partial charge on any atom is -0.598 e. The predicted molar refractivity (Wildman–Crippen MR) is 122 cm³/mol. The first kappa shape index (κ1) is 24.7. The first-order chi connectivity index (χ1) is 14.2. The fourth-order valence-corrected chi connectivity index (χ4v) is 3.82. The van der Waals surface area contributed by atoms with E-state index in [0.717, 1.165) is 17.7 Å². The zero-order chi connectivity index (χ0) is 22.1. The van der Waals surface area contributed by atoms with E-state index in [2.05, 4.69) is 9.71 Å². The first-order valence-electron chi connectivity index (χ1n) is 10.2. The molecule has 0 aliphatic heterocycles. The molecular formula is C23H31ClN2O3S. The van der Waals surface area contributed by atoms with Crippen LogP contribution in [-0.2, 0) is 27.5 Å². The highest BCUT2D eigenvalue weighted by atomic mass is 35.5. The summed E-state index contributed by atoms with van der Waals surface area (Å²) in [5, 5.41) is 0.589. The topological polar surface area (TPSA) is 74.3 Å². The van der Waals surface area contributed by atoms with Crippen molar-refractivity contribution in [2.45, 2.75) is 64.4 Å². The van der Waals surface area contributed by atoms with Gasteiger partial charge in [0, 0.05) is 22.6 Å². The van der Waals surface area contributed by atoms with E-state index in [1.165, 1.54) is 0 Å². The van der Waals surface area contributed by atoms with E-state index in [-0.39, 0.29) is 24.5 Å². The third kappa shape index (κ3) is 8.26. The molecule has 5 nitrogen and oxygen atoms in total. The molecule has 1 heterocycles. The molecule has 2 rings (SSSR count). The summed E-state index contributed by atoms with van der Waals surface area (Å²) < 4.78 is 20.8. The van der Waals surface area contributed by atoms with Crippen LogP contribution in [0.4, 0.5) is 0 Å². The Kier molecular flexibility index (Phi) is 9.62. The number of aromatic nitrogens is 1. The minimum absolute atomic E-state index is 0.206. The standard InChI is InChI=1S/C23H31ClN2O3S/c1-17(22(27)29-16-18-10-6-5-7-11-18)9-8-12-20(26-30(28)23(2,3)4)21-15-19(24)13-14-25-21/h5-7,10-11,13-15,17,20,26H,8-9,12,16H2,1-4H3/t17-,20+,30?/m1/s1. The highest BCUT2D eigenvalue weighted by molar-refractivity contribution is 7.90. The van der Waals surface area contributed by atoms with Gasteiger partial charge in [0.2, 0.25) is 0 Å². The van der Waals surface area contributed by atoms with Crippen molar-refractivity contribution in [2.24, 2.45) is 5.92 Å². The van der Waals surface area contributed by atoms with Crippen molar-refractivity contribution in [3.63, 3.8) is 0 Å². The fourth-order valence-electron chi connectivity index (χ4n) is 2.80. The molecule has 0 aliphatic rings. The number of benzene rings is 1. The molecule has 1 unspecified atom stereocenters. The normalized spacial score (nSPS) is 14.7. The number of halogens is 1. The molecule has 0 fully saturated rings. The van der Waals surface area contributed by atoms with Gasteiger partial charge >= 0.3 is 5.97 Å². The number of hydrogen-bond acceptors (Lipinski definition) is 5. The quantitative estimate of drug-likeness (QED) is 0.388. The second-order valence-electron chi connectivity index (χ2n) is 8.38. The summed E-state index contributed by atoms with van der Waals surface area (Å²) >= 11 is 4.88. The molecule has 0 saturated carbocycles. The maximum Gasteiger partial charge on any atom is 0.308 e. The Morgan fingerprint density at radius 2 is 1.93 bits per heavy atom. The summed E-state index contributed by atoms with van der Waals surface area (Å²) in [5.41, 5.74) is 1.72. The van der Waals surface area contributed by atoms with Gasteiger partial charge in [0.25, 0.3) is 0 Å². The van der Waals surface area contributed by atoms with E-state index >= 15 is 0 Å². The molecule has 7 heteroatoms. The van der Waals surface area contributed by atoms with Crippen LogP contribution in [0.1, 0.15) is 64.3 Å². The average Bonchev–Trinajstić information content (AvgIpc) is 2.71. The van der Waals surface area contributed by atoms with Gasteiger partial charge in [-0.15, -0.1) is 4.72 Å². The largest absolute Gasteiger partial charge is 0.598 e. The van der Waals surface area contributed by atoms with Crippen molar-refractivity contribution in [1.29, 1.82) is 0 Å². The van der Waals surface area contributed by atoms with E-state index in [1.807, 2.05) is 58.0 Å². The summed E-state index contributed by atoms with van der Waals surface area (Å²) in [5.74, 6) is -0.419. The summed E-state index contributed by atoms with van der Waals surface area (Å²) in [6, 6.07) is 12.9. The van der Waals surface area contributed by atoms with E-state index < -0.39 is 16.1 Å². The number of hydrogen-bond donors (Lipinski definition) is 1. The zero-order valence-corrected chi connectivity index (χ0v) is 19.6. The van der Waals surface area contributed by atoms with E-state index in [4.69, 9.17) is 16.3 Å². The van der Waals surface area contributed by atoms with Crippen LogP contribution < -0.4 is 4.72 Å². The highest BCUT2D eigenvalue weighted by Crippen LogP contribution is 2.25. The van der Waals surface area contributed by atoms with Crippen LogP contribution in [0.5, 0.6) is 0 Å². The lowest BCUT2D eigenvalue weighted by molar-refractivity contribution is -0.149. The van der Waals surface area contributed by atoms with Crippen molar-refractivity contribution >= 4 is 28.9 Å². The van der Waals surface area contributed by atoms with Crippen molar-refractivity contribution < 1.29 is 14.1 Å². The third-order valence-electron chi connectivity index (χ3n) is 4.66. The van der Waals surface area contributed by atoms with Crippen LogP contribution in [0.2, 0.25) is 5.02 Å². The second-order valence-corrected chi connectivity index (χ2v) is 10.8. The Morgan fingerprint density at radius 1 is 1.23 bits per heavy atom. The number of carbonyl (C=O) groups is 1. The van der Waals surface area contributed by atoms with Gasteiger partial charge in [-0.25, -0.2) is 0 Å². The number of carbonyl (C=O) groups excluding carboxylic acids is 1. The maximum atomic E-state index is 12.6. The third-order valence-corrected chi connectivity index (χ3v) is 6.51. The first-order valence-corrected chi connectivity index (χ1v) is 11.7. The summed E-state index contributed by atoms with van der Waals surface area (Å²) in [7, 11) is 0. The smallest absolute Gasteiger partial charge is 0.308 e. The average molecular weight is 451 g/mol. The van der Waals surface area contributed by atoms with Crippen LogP contribution >= 0.6 is 11.6 Å². The van der Waals surface area contributed by atoms with Crippen LogP contribution in [0, 0.1) is 5.92 Å². The van der Waals surface area contributed by atoms with E-state index in [1.54, 1.807) is 18.3 Å². The summed E-state index contributed by atoms with van der Waals surface area (Å²) in [6.45, 7) is 7.92. The Labute approximate surface area is 187 Å². The maximum absolute atomic E-state index is 12.6. The Balaban J connectivity index is 1.90. The van der Waals surface area contributed by atoms with Crippen LogP contribution in [0.15, 0.2) is 48.7 Å². The van der Waals surface area contributed by atoms with Gasteiger partial charge in [0.1, 0.15) is 11.4 Å². The zero-order valence-electron chi connectivity index (χ0n) is 18.1. The monoisotopic (exact) mass is 450 g/mol. The van der Waals surface area contributed by atoms with Gasteiger partial charge in [0.05, 0.1) is 17.7 Å². The molecule has 3 atom stereocenters. The number of pyridine rings is 1. The molecule has 1 aromatic heterocycles. The number of esters is 1. The molecule has 164 valence electrons. The van der Waals surface area contributed by atoms with Crippen LogP contribution in [-0.4, -0.2) is 20.3 Å². The fraction of sp³-hybridized carbons (Fsp3) is 0.478. The van der Waals surface area contributed by atoms with Crippen molar-refractivity contribution in [2.75, 3.05) is 0 Å².